The Kier molecular flexibility index (Phi) is 7.80. The van der Waals surface area contributed by atoms with Crippen LogP contribution in [0.5, 0.6) is 5.75 Å². The number of nitro groups is 1. The molecule has 3 aromatic rings. The molecule has 0 aliphatic carbocycles. The third-order valence-corrected chi connectivity index (χ3v) is 7.45. The molecule has 0 spiro atoms. The zero-order valence-corrected chi connectivity index (χ0v) is 22.9. The molecule has 3 aromatic carbocycles. The molecule has 7 nitrogen and oxygen atoms in total. The zero-order valence-electron chi connectivity index (χ0n) is 17.0. The van der Waals surface area contributed by atoms with E-state index < -0.39 is 4.92 Å². The molecule has 0 unspecified atom stereocenters. The fraction of sp³-hybridized carbons (Fsp3) is 0.0435. The average Bonchev–Trinajstić information content (AvgIpc) is 3.07. The lowest BCUT2D eigenvalue weighted by atomic mass is 10.2. The van der Waals surface area contributed by atoms with Crippen molar-refractivity contribution in [2.24, 2.45) is 0 Å². The minimum atomic E-state index is -0.445. The van der Waals surface area contributed by atoms with Gasteiger partial charge in [-0.1, -0.05) is 11.6 Å². The lowest BCUT2D eigenvalue weighted by Gasteiger charge is -2.12. The Morgan fingerprint density at radius 3 is 2.24 bits per heavy atom. The lowest BCUT2D eigenvalue weighted by molar-refractivity contribution is -0.384. The Hall–Kier alpha value is -2.16. The quantitative estimate of drug-likeness (QED) is 0.115. The summed E-state index contributed by atoms with van der Waals surface area (Å²) in [5.41, 5.74) is 2.06. The van der Waals surface area contributed by atoms with Crippen molar-refractivity contribution >= 4 is 97.1 Å². The monoisotopic (exact) mass is 718 g/mol. The van der Waals surface area contributed by atoms with Gasteiger partial charge in [0.2, 0.25) is 0 Å². The van der Waals surface area contributed by atoms with E-state index in [1.807, 2.05) is 12.1 Å². The van der Waals surface area contributed by atoms with Gasteiger partial charge in [0.1, 0.15) is 12.4 Å². The summed E-state index contributed by atoms with van der Waals surface area (Å²) in [6, 6.07) is 16.4. The van der Waals surface area contributed by atoms with Crippen molar-refractivity contribution < 1.29 is 19.2 Å². The van der Waals surface area contributed by atoms with Crippen molar-refractivity contribution in [1.82, 2.24) is 0 Å². The summed E-state index contributed by atoms with van der Waals surface area (Å²) < 4.78 is 7.61. The van der Waals surface area contributed by atoms with Crippen LogP contribution in [0.25, 0.3) is 6.08 Å². The normalized spacial score (nSPS) is 14.7. The topological polar surface area (TPSA) is 89.7 Å². The molecule has 2 amide bonds. The highest BCUT2D eigenvalue weighted by Crippen LogP contribution is 2.37. The number of nitrogens with zero attached hydrogens (tertiary/aromatic N) is 2. The number of ether oxygens (including phenoxy) is 1. The number of benzene rings is 3. The van der Waals surface area contributed by atoms with Crippen LogP contribution in [0.4, 0.5) is 16.2 Å². The van der Waals surface area contributed by atoms with Crippen LogP contribution in [0, 0.1) is 17.3 Å². The Morgan fingerprint density at radius 1 is 1.03 bits per heavy atom. The van der Waals surface area contributed by atoms with Gasteiger partial charge >= 0.3 is 0 Å². The maximum absolute atomic E-state index is 12.9. The van der Waals surface area contributed by atoms with Crippen LogP contribution in [0.3, 0.4) is 0 Å². The number of non-ortho nitro benzene ring substituents is 1. The van der Waals surface area contributed by atoms with Crippen LogP contribution < -0.4 is 9.64 Å². The number of rotatable bonds is 6. The predicted octanol–water partition coefficient (Wildman–Crippen LogP) is 7.28. The average molecular weight is 719 g/mol. The first-order chi connectivity index (χ1) is 16.2. The van der Waals surface area contributed by atoms with Gasteiger partial charge < -0.3 is 4.74 Å². The van der Waals surface area contributed by atoms with Gasteiger partial charge in [0.05, 0.1) is 22.7 Å². The fourth-order valence-corrected chi connectivity index (χ4v) is 6.20. The molecule has 0 N–H and O–H groups in total. The van der Waals surface area contributed by atoms with Crippen LogP contribution in [0.15, 0.2) is 65.6 Å². The van der Waals surface area contributed by atoms with E-state index in [1.165, 1.54) is 12.1 Å². The number of thioether (sulfide) groups is 1. The van der Waals surface area contributed by atoms with Gasteiger partial charge in [-0.2, -0.15) is 0 Å². The molecule has 0 bridgehead atoms. The number of carbonyl (C=O) groups excluding carboxylic acids is 2. The van der Waals surface area contributed by atoms with Crippen molar-refractivity contribution in [1.29, 1.82) is 0 Å². The summed E-state index contributed by atoms with van der Waals surface area (Å²) in [6.45, 7) is 0.253. The van der Waals surface area contributed by atoms with Crippen LogP contribution in [0.1, 0.15) is 11.1 Å². The van der Waals surface area contributed by atoms with Crippen LogP contribution in [0.2, 0.25) is 5.02 Å². The van der Waals surface area contributed by atoms with E-state index >= 15 is 0 Å². The summed E-state index contributed by atoms with van der Waals surface area (Å²) >= 11 is 11.1. The van der Waals surface area contributed by atoms with Crippen molar-refractivity contribution in [2.45, 2.75) is 6.61 Å². The molecule has 4 rings (SSSR count). The predicted molar refractivity (Wildman–Crippen MR) is 149 cm³/mol. The minimum absolute atomic E-state index is 0.0257. The van der Waals surface area contributed by atoms with Gasteiger partial charge in [0.25, 0.3) is 16.8 Å². The maximum Gasteiger partial charge on any atom is 0.298 e. The van der Waals surface area contributed by atoms with E-state index in [-0.39, 0.29) is 23.4 Å². The molecule has 0 radical (unpaired) electrons. The molecule has 1 aliphatic heterocycles. The number of halogens is 3. The molecule has 0 saturated carbocycles. The van der Waals surface area contributed by atoms with Gasteiger partial charge in [-0.05, 0) is 123 Å². The second-order valence-electron chi connectivity index (χ2n) is 7.02. The van der Waals surface area contributed by atoms with Crippen molar-refractivity contribution in [3.05, 3.63) is 99.0 Å². The van der Waals surface area contributed by atoms with Crippen LogP contribution in [-0.2, 0) is 11.4 Å². The number of hydrogen-bond donors (Lipinski definition) is 0. The number of imide groups is 1. The van der Waals surface area contributed by atoms with E-state index in [1.54, 1.807) is 42.5 Å². The number of anilines is 1. The van der Waals surface area contributed by atoms with E-state index in [0.29, 0.717) is 21.4 Å². The van der Waals surface area contributed by atoms with Gasteiger partial charge in [-0.15, -0.1) is 0 Å². The summed E-state index contributed by atoms with van der Waals surface area (Å²) in [7, 11) is 0. The molecule has 34 heavy (non-hydrogen) atoms. The van der Waals surface area contributed by atoms with Crippen molar-refractivity contribution in [3.8, 4) is 5.75 Å². The number of hydrogen-bond acceptors (Lipinski definition) is 6. The Bertz CT molecular complexity index is 1310. The fourth-order valence-electron chi connectivity index (χ4n) is 3.10. The van der Waals surface area contributed by atoms with Crippen molar-refractivity contribution in [2.75, 3.05) is 4.90 Å². The third kappa shape index (κ3) is 5.56. The molecule has 0 atom stereocenters. The Balaban J connectivity index is 1.51. The number of nitro benzene ring substituents is 1. The number of amides is 2. The second kappa shape index (κ2) is 10.6. The first-order valence-electron chi connectivity index (χ1n) is 9.61. The molecule has 1 aliphatic rings. The summed E-state index contributed by atoms with van der Waals surface area (Å²) in [6.07, 6.45) is 1.69. The SMILES string of the molecule is O=C1S/C(=C/c2cc(I)c(OCc3ccc([N+](=O)[O-])cc3)c(I)c2)C(=O)N1c1ccc(Cl)cc1. The van der Waals surface area contributed by atoms with Crippen LogP contribution in [-0.4, -0.2) is 16.1 Å². The van der Waals surface area contributed by atoms with Gasteiger partial charge in [0, 0.05) is 17.2 Å². The van der Waals surface area contributed by atoms with E-state index in [4.69, 9.17) is 16.3 Å². The van der Waals surface area contributed by atoms with E-state index in [9.17, 15) is 19.7 Å². The Morgan fingerprint density at radius 2 is 1.65 bits per heavy atom. The minimum Gasteiger partial charge on any atom is -0.487 e. The molecule has 1 saturated heterocycles. The molecule has 1 fully saturated rings. The molecular weight excluding hydrogens is 706 g/mol. The molecular formula is C23H13ClI2N2O5S. The highest BCUT2D eigenvalue weighted by atomic mass is 127. The second-order valence-corrected chi connectivity index (χ2v) is 10.8. The molecule has 1 heterocycles. The zero-order chi connectivity index (χ0) is 24.4. The summed E-state index contributed by atoms with van der Waals surface area (Å²) in [5.74, 6) is 0.284. The molecule has 0 aromatic heterocycles. The first kappa shape index (κ1) is 24.9. The Labute approximate surface area is 230 Å². The standard InChI is InChI=1S/C23H13ClI2N2O5S/c24-15-3-7-16(8-4-15)27-22(29)20(34-23(27)30)11-14-9-18(25)21(19(26)10-14)33-12-13-1-5-17(6-2-13)28(31)32/h1-11H,12H2/b20-11+. The molecule has 11 heteroatoms. The van der Waals surface area contributed by atoms with Gasteiger partial charge in [-0.25, -0.2) is 4.90 Å². The summed E-state index contributed by atoms with van der Waals surface area (Å²) in [5, 5.41) is 10.9. The van der Waals surface area contributed by atoms with Gasteiger partial charge in [-0.3, -0.25) is 19.7 Å². The lowest BCUT2D eigenvalue weighted by Crippen LogP contribution is -2.27. The highest BCUT2D eigenvalue weighted by Gasteiger charge is 2.36. The van der Waals surface area contributed by atoms with E-state index in [0.717, 1.165) is 34.9 Å². The van der Waals surface area contributed by atoms with Gasteiger partial charge in [0.15, 0.2) is 0 Å². The highest BCUT2D eigenvalue weighted by molar-refractivity contribution is 14.1. The largest absolute Gasteiger partial charge is 0.487 e. The maximum atomic E-state index is 12.9. The third-order valence-electron chi connectivity index (χ3n) is 4.73. The molecule has 172 valence electrons. The van der Waals surface area contributed by atoms with E-state index in [2.05, 4.69) is 45.2 Å². The van der Waals surface area contributed by atoms with Crippen molar-refractivity contribution in [3.63, 3.8) is 0 Å². The first-order valence-corrected chi connectivity index (χ1v) is 13.0. The number of carbonyl (C=O) groups is 2. The van der Waals surface area contributed by atoms with Crippen LogP contribution >= 0.6 is 68.5 Å². The summed E-state index contributed by atoms with van der Waals surface area (Å²) in [4.78, 5) is 37.2. The smallest absolute Gasteiger partial charge is 0.298 e.